The number of carbonyl (C=O) groups is 1. The number of hydrogen-bond donors (Lipinski definition) is 0. The first-order valence-electron chi connectivity index (χ1n) is 6.64. The Bertz CT molecular complexity index is 793. The molecule has 0 saturated carbocycles. The third kappa shape index (κ3) is 3.03. The van der Waals surface area contributed by atoms with Gasteiger partial charge in [0.25, 0.3) is 0 Å². The number of benzene rings is 2. The topological polar surface area (TPSA) is 60.7 Å². The number of nitrogens with zero attached hydrogens (tertiary/aromatic N) is 4. The first-order valence-corrected chi connectivity index (χ1v) is 6.64. The average Bonchev–Trinajstić information content (AvgIpc) is 3.09. The SMILES string of the molecule is O=CC(=C(c1ccc(F)cc1)c1ccc(F)cc1)n1cnnn1. The third-order valence-electron chi connectivity index (χ3n) is 3.23. The summed E-state index contributed by atoms with van der Waals surface area (Å²) in [6, 6.07) is 11.2. The van der Waals surface area contributed by atoms with Gasteiger partial charge in [-0.05, 0) is 45.8 Å². The van der Waals surface area contributed by atoms with Crippen LogP contribution in [0.2, 0.25) is 0 Å². The van der Waals surface area contributed by atoms with Gasteiger partial charge in [0.2, 0.25) is 0 Å². The molecule has 0 unspecified atom stereocenters. The van der Waals surface area contributed by atoms with Crippen molar-refractivity contribution < 1.29 is 13.6 Å². The molecule has 0 saturated heterocycles. The quantitative estimate of drug-likeness (QED) is 0.549. The van der Waals surface area contributed by atoms with E-state index >= 15 is 0 Å². The number of carbonyl (C=O) groups excluding carboxylic acids is 1. The molecule has 3 rings (SSSR count). The van der Waals surface area contributed by atoms with Gasteiger partial charge in [-0.2, -0.15) is 4.68 Å². The zero-order valence-electron chi connectivity index (χ0n) is 11.7. The number of aldehydes is 1. The molecule has 1 aromatic heterocycles. The molecule has 0 amide bonds. The summed E-state index contributed by atoms with van der Waals surface area (Å²) in [5.74, 6) is -0.801. The minimum absolute atomic E-state index is 0.160. The van der Waals surface area contributed by atoms with Crippen LogP contribution in [0, 0.1) is 11.6 Å². The highest BCUT2D eigenvalue weighted by molar-refractivity contribution is 6.13. The molecule has 114 valence electrons. The first kappa shape index (κ1) is 14.7. The number of halogens is 2. The summed E-state index contributed by atoms with van der Waals surface area (Å²) in [5.41, 5.74) is 1.78. The second-order valence-electron chi connectivity index (χ2n) is 4.65. The van der Waals surface area contributed by atoms with E-state index in [0.29, 0.717) is 23.0 Å². The Hall–Kier alpha value is -3.22. The minimum atomic E-state index is -0.401. The largest absolute Gasteiger partial charge is 0.296 e. The molecule has 0 bridgehead atoms. The van der Waals surface area contributed by atoms with E-state index in [9.17, 15) is 13.6 Å². The van der Waals surface area contributed by atoms with Crippen LogP contribution in [0.4, 0.5) is 8.78 Å². The molecule has 3 aromatic rings. The van der Waals surface area contributed by atoms with Crippen LogP contribution in [0.25, 0.3) is 11.3 Å². The average molecular weight is 312 g/mol. The highest BCUT2D eigenvalue weighted by Gasteiger charge is 2.15. The molecule has 0 radical (unpaired) electrons. The van der Waals surface area contributed by atoms with Gasteiger partial charge in [0.05, 0.1) is 0 Å². The maximum atomic E-state index is 13.2. The Morgan fingerprint density at radius 3 is 1.83 bits per heavy atom. The van der Waals surface area contributed by atoms with Gasteiger partial charge in [0, 0.05) is 5.57 Å². The molecule has 0 aliphatic rings. The Morgan fingerprint density at radius 2 is 1.43 bits per heavy atom. The van der Waals surface area contributed by atoms with Gasteiger partial charge in [-0.1, -0.05) is 24.3 Å². The van der Waals surface area contributed by atoms with E-state index in [1.165, 1.54) is 59.5 Å². The number of allylic oxidation sites excluding steroid dienone is 1. The van der Waals surface area contributed by atoms with Crippen LogP contribution in [-0.4, -0.2) is 26.5 Å². The minimum Gasteiger partial charge on any atom is -0.296 e. The fourth-order valence-electron chi connectivity index (χ4n) is 2.19. The van der Waals surface area contributed by atoms with Crippen LogP contribution in [-0.2, 0) is 4.79 Å². The van der Waals surface area contributed by atoms with E-state index in [1.807, 2.05) is 0 Å². The molecule has 5 nitrogen and oxygen atoms in total. The summed E-state index contributed by atoms with van der Waals surface area (Å²) in [4.78, 5) is 11.6. The van der Waals surface area contributed by atoms with Crippen molar-refractivity contribution in [2.24, 2.45) is 0 Å². The molecule has 0 aliphatic carbocycles. The van der Waals surface area contributed by atoms with E-state index < -0.39 is 11.6 Å². The maximum absolute atomic E-state index is 13.2. The number of tetrazole rings is 1. The van der Waals surface area contributed by atoms with Crippen molar-refractivity contribution in [3.05, 3.63) is 77.6 Å². The van der Waals surface area contributed by atoms with E-state index in [-0.39, 0.29) is 5.70 Å². The van der Waals surface area contributed by atoms with Gasteiger partial charge in [-0.15, -0.1) is 5.10 Å². The molecular weight excluding hydrogens is 302 g/mol. The standard InChI is InChI=1S/C16H10F2N4O/c17-13-5-1-11(2-6-13)16(12-3-7-14(18)8-4-12)15(9-23)22-10-19-20-21-22/h1-10H. The Morgan fingerprint density at radius 1 is 0.913 bits per heavy atom. The van der Waals surface area contributed by atoms with Gasteiger partial charge in [-0.3, -0.25) is 4.79 Å². The maximum Gasteiger partial charge on any atom is 0.169 e. The summed E-state index contributed by atoms with van der Waals surface area (Å²) in [6.45, 7) is 0. The number of hydrogen-bond acceptors (Lipinski definition) is 4. The molecule has 0 N–H and O–H groups in total. The van der Waals surface area contributed by atoms with Gasteiger partial charge < -0.3 is 0 Å². The fraction of sp³-hybridized carbons (Fsp3) is 0. The van der Waals surface area contributed by atoms with Gasteiger partial charge in [-0.25, -0.2) is 8.78 Å². The van der Waals surface area contributed by atoms with Crippen molar-refractivity contribution in [2.45, 2.75) is 0 Å². The molecule has 23 heavy (non-hydrogen) atoms. The first-order chi connectivity index (χ1) is 11.2. The van der Waals surface area contributed by atoms with Crippen molar-refractivity contribution in [1.29, 1.82) is 0 Å². The third-order valence-corrected chi connectivity index (χ3v) is 3.23. The summed E-state index contributed by atoms with van der Waals surface area (Å²) in [6.07, 6.45) is 1.87. The molecule has 1 heterocycles. The van der Waals surface area contributed by atoms with E-state index in [2.05, 4.69) is 15.5 Å². The summed E-state index contributed by atoms with van der Waals surface area (Å²) >= 11 is 0. The Kier molecular flexibility index (Phi) is 4.01. The van der Waals surface area contributed by atoms with Gasteiger partial charge >= 0.3 is 0 Å². The van der Waals surface area contributed by atoms with E-state index in [1.54, 1.807) is 0 Å². The second kappa shape index (κ2) is 6.27. The summed E-state index contributed by atoms with van der Waals surface area (Å²) in [5, 5.41) is 10.7. The van der Waals surface area contributed by atoms with Crippen molar-refractivity contribution in [3.63, 3.8) is 0 Å². The fourth-order valence-corrected chi connectivity index (χ4v) is 2.19. The molecule has 2 aromatic carbocycles. The molecule has 0 spiro atoms. The smallest absolute Gasteiger partial charge is 0.169 e. The van der Waals surface area contributed by atoms with Crippen LogP contribution in [0.15, 0.2) is 54.9 Å². The lowest BCUT2D eigenvalue weighted by Crippen LogP contribution is -2.05. The molecule has 7 heteroatoms. The predicted molar refractivity (Wildman–Crippen MR) is 78.9 cm³/mol. The summed E-state index contributed by atoms with van der Waals surface area (Å²) in [7, 11) is 0. The number of rotatable bonds is 4. The summed E-state index contributed by atoms with van der Waals surface area (Å²) < 4.78 is 27.6. The van der Waals surface area contributed by atoms with Crippen LogP contribution in [0.5, 0.6) is 0 Å². The van der Waals surface area contributed by atoms with Crippen LogP contribution >= 0.6 is 0 Å². The number of aromatic nitrogens is 4. The second-order valence-corrected chi connectivity index (χ2v) is 4.65. The van der Waals surface area contributed by atoms with Crippen molar-refractivity contribution in [3.8, 4) is 0 Å². The van der Waals surface area contributed by atoms with Crippen LogP contribution in [0.3, 0.4) is 0 Å². The zero-order chi connectivity index (χ0) is 16.2. The lowest BCUT2D eigenvalue weighted by Gasteiger charge is -2.12. The van der Waals surface area contributed by atoms with Crippen molar-refractivity contribution in [1.82, 2.24) is 20.2 Å². The van der Waals surface area contributed by atoms with E-state index in [0.717, 1.165) is 0 Å². The highest BCUT2D eigenvalue weighted by atomic mass is 19.1. The molecule has 0 atom stereocenters. The monoisotopic (exact) mass is 312 g/mol. The van der Waals surface area contributed by atoms with Gasteiger partial charge in [0.1, 0.15) is 23.7 Å². The molecule has 0 fully saturated rings. The van der Waals surface area contributed by atoms with E-state index in [4.69, 9.17) is 0 Å². The van der Waals surface area contributed by atoms with Crippen LogP contribution < -0.4 is 0 Å². The van der Waals surface area contributed by atoms with Crippen molar-refractivity contribution in [2.75, 3.05) is 0 Å². The Balaban J connectivity index is 2.26. The van der Waals surface area contributed by atoms with Crippen molar-refractivity contribution >= 4 is 17.6 Å². The van der Waals surface area contributed by atoms with Crippen LogP contribution in [0.1, 0.15) is 11.1 Å². The normalized spacial score (nSPS) is 10.3. The molecular formula is C16H10F2N4O. The van der Waals surface area contributed by atoms with Gasteiger partial charge in [0.15, 0.2) is 6.29 Å². The zero-order valence-corrected chi connectivity index (χ0v) is 11.7. The molecule has 0 aliphatic heterocycles. The predicted octanol–water partition coefficient (Wildman–Crippen LogP) is 2.57. The Labute approximate surface area is 129 Å². The lowest BCUT2D eigenvalue weighted by molar-refractivity contribution is -0.103. The lowest BCUT2D eigenvalue weighted by atomic mass is 9.96. The highest BCUT2D eigenvalue weighted by Crippen LogP contribution is 2.28.